The first-order valence-corrected chi connectivity index (χ1v) is 5.99. The van der Waals surface area contributed by atoms with Crippen LogP contribution in [0.25, 0.3) is 0 Å². The first kappa shape index (κ1) is 25.1. The van der Waals surface area contributed by atoms with E-state index in [0.717, 1.165) is 12.0 Å². The summed E-state index contributed by atoms with van der Waals surface area (Å²) in [5.41, 5.74) is 1.08. The number of halogens is 3. The number of allylic oxidation sites excluding steroid dienone is 4. The van der Waals surface area contributed by atoms with Gasteiger partial charge in [-0.15, -0.1) is 31.2 Å². The molecule has 20 heavy (non-hydrogen) atoms. The van der Waals surface area contributed by atoms with Crippen molar-refractivity contribution in [1.29, 1.82) is 0 Å². The average Bonchev–Trinajstić information content (AvgIpc) is 2.72. The van der Waals surface area contributed by atoms with Crippen LogP contribution in [0.3, 0.4) is 0 Å². The number of benzene rings is 1. The van der Waals surface area contributed by atoms with Crippen molar-refractivity contribution in [3.8, 4) is 5.75 Å². The topological polar surface area (TPSA) is 20.2 Å². The Morgan fingerprint density at radius 1 is 1.15 bits per heavy atom. The van der Waals surface area contributed by atoms with Gasteiger partial charge in [0.1, 0.15) is 5.75 Å². The summed E-state index contributed by atoms with van der Waals surface area (Å²) in [6.45, 7) is 6.24. The van der Waals surface area contributed by atoms with Gasteiger partial charge in [-0.1, -0.05) is 32.4 Å². The van der Waals surface area contributed by atoms with E-state index >= 15 is 0 Å². The van der Waals surface area contributed by atoms with E-state index in [1.807, 2.05) is 18.2 Å². The molecule has 0 saturated heterocycles. The fourth-order valence-corrected chi connectivity index (χ4v) is 1.58. The molecule has 0 spiro atoms. The number of rotatable bonds is 0. The molecule has 0 atom stereocenters. The molecule has 0 amide bonds. The number of hydrogen-bond donors (Lipinski definition) is 1. The molecule has 0 saturated carbocycles. The van der Waals surface area contributed by atoms with Gasteiger partial charge in [0.15, 0.2) is 0 Å². The maximum Gasteiger partial charge on any atom is 0.117 e. The predicted molar refractivity (Wildman–Crippen MR) is 87.9 cm³/mol. The zero-order chi connectivity index (χ0) is 12.9. The second-order valence-corrected chi connectivity index (χ2v) is 5.39. The molecule has 0 unspecified atom stereocenters. The standard InChI is InChI=1S/C10H13ClO.C5H5.2ClH.Ti/c1-10(2,3)7-4-8(11)6-9(12)5-7;1-2-4-5-3-1;;;/h4-6,12H,1-3H3;1-3H,4H2;2*1H;/q;-1;;;. The minimum absolute atomic E-state index is 0. The van der Waals surface area contributed by atoms with E-state index in [-0.39, 0.29) is 57.7 Å². The monoisotopic (exact) mass is 369 g/mol. The second kappa shape index (κ2) is 11.7. The van der Waals surface area contributed by atoms with Gasteiger partial charge in [-0.25, -0.2) is 12.2 Å². The third-order valence-electron chi connectivity index (χ3n) is 2.33. The molecule has 1 N–H and O–H groups in total. The minimum Gasteiger partial charge on any atom is -0.508 e. The van der Waals surface area contributed by atoms with Crippen molar-refractivity contribution >= 4 is 36.4 Å². The van der Waals surface area contributed by atoms with Crippen molar-refractivity contribution in [1.82, 2.24) is 0 Å². The van der Waals surface area contributed by atoms with Crippen molar-refractivity contribution in [2.75, 3.05) is 0 Å². The van der Waals surface area contributed by atoms with Gasteiger partial charge >= 0.3 is 0 Å². The van der Waals surface area contributed by atoms with Gasteiger partial charge in [-0.3, -0.25) is 6.08 Å². The quantitative estimate of drug-likeness (QED) is 0.473. The van der Waals surface area contributed by atoms with Crippen molar-refractivity contribution in [2.45, 2.75) is 32.6 Å². The Morgan fingerprint density at radius 2 is 1.75 bits per heavy atom. The largest absolute Gasteiger partial charge is 0.508 e. The maximum atomic E-state index is 9.27. The van der Waals surface area contributed by atoms with E-state index in [1.165, 1.54) is 6.07 Å². The Morgan fingerprint density at radius 3 is 2.05 bits per heavy atom. The Balaban J connectivity index is -0.000000312. The van der Waals surface area contributed by atoms with Gasteiger partial charge in [-0.2, -0.15) is 6.08 Å². The number of hydrogen-bond acceptors (Lipinski definition) is 1. The fraction of sp³-hybridized carbons (Fsp3) is 0.333. The first-order chi connectivity index (χ1) is 7.89. The van der Waals surface area contributed by atoms with Crippen molar-refractivity contribution < 1.29 is 26.8 Å². The Labute approximate surface area is 154 Å². The molecular weight excluding hydrogens is 350 g/mol. The van der Waals surface area contributed by atoms with E-state index in [0.29, 0.717) is 5.02 Å². The van der Waals surface area contributed by atoms with E-state index < -0.39 is 0 Å². The van der Waals surface area contributed by atoms with Crippen LogP contribution in [0.2, 0.25) is 5.02 Å². The Bertz CT molecular complexity index is 407. The summed E-state index contributed by atoms with van der Waals surface area (Å²) >= 11 is 5.80. The van der Waals surface area contributed by atoms with Crippen LogP contribution in [0.1, 0.15) is 32.8 Å². The van der Waals surface area contributed by atoms with Crippen LogP contribution in [0.15, 0.2) is 36.4 Å². The van der Waals surface area contributed by atoms with Crippen molar-refractivity contribution in [3.63, 3.8) is 0 Å². The van der Waals surface area contributed by atoms with Crippen LogP contribution in [-0.2, 0) is 27.1 Å². The molecule has 0 aromatic heterocycles. The number of aromatic hydroxyl groups is 1. The summed E-state index contributed by atoms with van der Waals surface area (Å²) in [7, 11) is 0. The normalized spacial score (nSPS) is 11.4. The molecule has 112 valence electrons. The molecule has 1 nitrogen and oxygen atoms in total. The van der Waals surface area contributed by atoms with Crippen LogP contribution >= 0.6 is 36.4 Å². The summed E-state index contributed by atoms with van der Waals surface area (Å²) in [6.07, 6.45) is 10.0. The van der Waals surface area contributed by atoms with Crippen molar-refractivity contribution in [3.05, 3.63) is 53.1 Å². The van der Waals surface area contributed by atoms with Gasteiger partial charge in [0.05, 0.1) is 0 Å². The molecule has 0 bridgehead atoms. The molecule has 1 aromatic carbocycles. The summed E-state index contributed by atoms with van der Waals surface area (Å²) in [4.78, 5) is 0. The van der Waals surface area contributed by atoms with Crippen LogP contribution in [0.5, 0.6) is 5.75 Å². The predicted octanol–water partition coefficient (Wildman–Crippen LogP) is 5.49. The summed E-state index contributed by atoms with van der Waals surface area (Å²) in [5.74, 6) is 0.229. The zero-order valence-electron chi connectivity index (χ0n) is 11.8. The minimum atomic E-state index is 0. The maximum absolute atomic E-state index is 9.27. The van der Waals surface area contributed by atoms with E-state index in [2.05, 4.69) is 32.9 Å². The number of phenolic OH excluding ortho intramolecular Hbond substituents is 1. The third-order valence-corrected chi connectivity index (χ3v) is 2.55. The van der Waals surface area contributed by atoms with Gasteiger partial charge in [-0.05, 0) is 29.2 Å². The molecule has 5 heteroatoms. The Kier molecular flexibility index (Phi) is 14.7. The molecule has 0 fully saturated rings. The molecule has 0 radical (unpaired) electrons. The van der Waals surface area contributed by atoms with Gasteiger partial charge < -0.3 is 5.11 Å². The fourth-order valence-electron chi connectivity index (χ4n) is 1.35. The summed E-state index contributed by atoms with van der Waals surface area (Å²) < 4.78 is 0. The zero-order valence-corrected chi connectivity index (χ0v) is 15.8. The average molecular weight is 371 g/mol. The first-order valence-electron chi connectivity index (χ1n) is 5.61. The van der Waals surface area contributed by atoms with Crippen LogP contribution in [-0.4, -0.2) is 5.11 Å². The Hall–Kier alpha value is 0.0843. The molecular formula is C15H20Cl3OTi-. The molecule has 1 aliphatic rings. The van der Waals surface area contributed by atoms with Gasteiger partial charge in [0.2, 0.25) is 0 Å². The third kappa shape index (κ3) is 9.91. The van der Waals surface area contributed by atoms with Gasteiger partial charge in [0, 0.05) is 26.7 Å². The molecule has 0 aliphatic heterocycles. The van der Waals surface area contributed by atoms with Crippen LogP contribution in [0, 0.1) is 6.08 Å². The molecule has 0 heterocycles. The summed E-state index contributed by atoms with van der Waals surface area (Å²) in [6, 6.07) is 5.16. The van der Waals surface area contributed by atoms with E-state index in [9.17, 15) is 5.11 Å². The van der Waals surface area contributed by atoms with Crippen LogP contribution < -0.4 is 0 Å². The molecule has 1 aliphatic carbocycles. The van der Waals surface area contributed by atoms with Gasteiger partial charge in [0.25, 0.3) is 0 Å². The van der Waals surface area contributed by atoms with E-state index in [1.54, 1.807) is 6.07 Å². The second-order valence-electron chi connectivity index (χ2n) is 4.95. The molecule has 2 rings (SSSR count). The summed E-state index contributed by atoms with van der Waals surface area (Å²) in [5, 5.41) is 9.86. The molecule has 1 aromatic rings. The SMILES string of the molecule is CC(C)(C)c1cc(O)cc(Cl)c1.Cl.Cl.[C-]1=CC=CC1.[Ti]. The number of phenols is 1. The van der Waals surface area contributed by atoms with Crippen LogP contribution in [0.4, 0.5) is 0 Å². The smallest absolute Gasteiger partial charge is 0.117 e. The van der Waals surface area contributed by atoms with Crippen molar-refractivity contribution in [2.24, 2.45) is 0 Å². The van der Waals surface area contributed by atoms with E-state index in [4.69, 9.17) is 11.6 Å².